The van der Waals surface area contributed by atoms with Crippen LogP contribution in [0.15, 0.2) is 35.9 Å². The van der Waals surface area contributed by atoms with Crippen molar-refractivity contribution in [2.45, 2.75) is 45.8 Å². The van der Waals surface area contributed by atoms with Crippen molar-refractivity contribution in [1.82, 2.24) is 5.32 Å². The molecule has 24 heavy (non-hydrogen) atoms. The molecule has 0 heterocycles. The van der Waals surface area contributed by atoms with Crippen LogP contribution in [-0.4, -0.2) is 43.5 Å². The maximum absolute atomic E-state index is 11.3. The molecule has 2 N–H and O–H groups in total. The molecule has 1 aliphatic rings. The molecular formula is C19H29NO4. The molecule has 0 saturated carbocycles. The van der Waals surface area contributed by atoms with Gasteiger partial charge in [-0.25, -0.2) is 4.79 Å². The lowest BCUT2D eigenvalue weighted by Gasteiger charge is -2.29. The van der Waals surface area contributed by atoms with E-state index in [1.54, 1.807) is 13.2 Å². The van der Waals surface area contributed by atoms with E-state index in [0.717, 1.165) is 17.7 Å². The highest BCUT2D eigenvalue weighted by atomic mass is 16.5. The third-order valence-corrected chi connectivity index (χ3v) is 3.76. The first-order valence-electron chi connectivity index (χ1n) is 8.48. The van der Waals surface area contributed by atoms with Crippen molar-refractivity contribution in [3.63, 3.8) is 0 Å². The van der Waals surface area contributed by atoms with Crippen LogP contribution in [0.3, 0.4) is 0 Å². The number of benzene rings is 1. The van der Waals surface area contributed by atoms with Crippen molar-refractivity contribution in [3.8, 4) is 5.75 Å². The van der Waals surface area contributed by atoms with E-state index in [-0.39, 0.29) is 12.1 Å². The van der Waals surface area contributed by atoms with Gasteiger partial charge in [0.1, 0.15) is 11.9 Å². The summed E-state index contributed by atoms with van der Waals surface area (Å²) in [4.78, 5) is 11.3. The number of aliphatic carboxylic acids is 1. The number of carboxylic acids is 1. The zero-order valence-corrected chi connectivity index (χ0v) is 15.0. The van der Waals surface area contributed by atoms with Gasteiger partial charge in [-0.1, -0.05) is 32.0 Å². The summed E-state index contributed by atoms with van der Waals surface area (Å²) in [6, 6.07) is 7.85. The first-order chi connectivity index (χ1) is 11.6. The van der Waals surface area contributed by atoms with E-state index < -0.39 is 5.97 Å². The van der Waals surface area contributed by atoms with Crippen molar-refractivity contribution in [1.29, 1.82) is 0 Å². The molecule has 134 valence electrons. The fraction of sp³-hybridized carbons (Fsp3) is 0.526. The third kappa shape index (κ3) is 6.34. The van der Waals surface area contributed by atoms with Gasteiger partial charge in [0.25, 0.3) is 0 Å². The number of rotatable bonds is 7. The molecule has 0 aliphatic heterocycles. The molecule has 1 aromatic carbocycles. The zero-order valence-electron chi connectivity index (χ0n) is 15.0. The molecule has 2 rings (SSSR count). The fourth-order valence-electron chi connectivity index (χ4n) is 2.60. The van der Waals surface area contributed by atoms with E-state index in [1.807, 2.05) is 45.0 Å². The van der Waals surface area contributed by atoms with Gasteiger partial charge < -0.3 is 19.9 Å². The summed E-state index contributed by atoms with van der Waals surface area (Å²) in [5.74, 6) is -0.0809. The van der Waals surface area contributed by atoms with Gasteiger partial charge in [0, 0.05) is 31.7 Å². The van der Waals surface area contributed by atoms with E-state index in [4.69, 9.17) is 9.47 Å². The van der Waals surface area contributed by atoms with E-state index in [2.05, 4.69) is 5.32 Å². The molecule has 5 nitrogen and oxygen atoms in total. The van der Waals surface area contributed by atoms with Crippen LogP contribution >= 0.6 is 0 Å². The highest BCUT2D eigenvalue weighted by Gasteiger charge is 2.26. The molecule has 2 atom stereocenters. The molecule has 0 aromatic heterocycles. The number of carboxylic acid groups (broad SMARTS) is 1. The maximum atomic E-state index is 11.3. The molecule has 1 aromatic rings. The third-order valence-electron chi connectivity index (χ3n) is 3.76. The quantitative estimate of drug-likeness (QED) is 0.749. The minimum Gasteiger partial charge on any atom is -0.486 e. The molecule has 0 saturated heterocycles. The fourth-order valence-corrected chi connectivity index (χ4v) is 2.60. The normalized spacial score (nSPS) is 19.8. The van der Waals surface area contributed by atoms with E-state index in [9.17, 15) is 9.90 Å². The summed E-state index contributed by atoms with van der Waals surface area (Å²) in [6.07, 6.45) is 2.74. The number of nitrogens with one attached hydrogen (secondary N) is 1. The number of ether oxygens (including phenoxy) is 2. The van der Waals surface area contributed by atoms with Gasteiger partial charge in [-0.15, -0.1) is 0 Å². The van der Waals surface area contributed by atoms with Gasteiger partial charge in [0.2, 0.25) is 0 Å². The van der Waals surface area contributed by atoms with Crippen LogP contribution in [0.5, 0.6) is 5.75 Å². The molecule has 0 bridgehead atoms. The van der Waals surface area contributed by atoms with E-state index in [1.165, 1.54) is 0 Å². The summed E-state index contributed by atoms with van der Waals surface area (Å²) in [7, 11) is 1.65. The van der Waals surface area contributed by atoms with Gasteiger partial charge in [-0.2, -0.15) is 0 Å². The van der Waals surface area contributed by atoms with Crippen molar-refractivity contribution in [2.24, 2.45) is 0 Å². The standard InChI is InChI=1S/C17H23NO4.C2H6/c1-12-5-3-4-6-16(12)22-15-10-13(17(19)20)9-14(11-15)18-7-8-21-2;1-2/h3-6,10,14-15,18H,7-9,11H2,1-2H3,(H,19,20);1-2H3. The van der Waals surface area contributed by atoms with Crippen LogP contribution in [-0.2, 0) is 9.53 Å². The molecule has 0 fully saturated rings. The Hall–Kier alpha value is -1.85. The van der Waals surface area contributed by atoms with E-state index >= 15 is 0 Å². The highest BCUT2D eigenvalue weighted by Crippen LogP contribution is 2.25. The molecule has 0 spiro atoms. The summed E-state index contributed by atoms with van der Waals surface area (Å²) < 4.78 is 11.0. The number of aryl methyl sites for hydroxylation is 1. The molecular weight excluding hydrogens is 306 g/mol. The van der Waals surface area contributed by atoms with Crippen LogP contribution in [0.25, 0.3) is 0 Å². The number of hydrogen-bond acceptors (Lipinski definition) is 4. The smallest absolute Gasteiger partial charge is 0.331 e. The summed E-state index contributed by atoms with van der Waals surface area (Å²) in [6.45, 7) is 7.28. The SMILES string of the molecule is CC.COCCNC1CC(C(=O)O)=CC(Oc2ccccc2C)C1. The Balaban J connectivity index is 0.00000139. The molecule has 2 unspecified atom stereocenters. The predicted octanol–water partition coefficient (Wildman–Crippen LogP) is 3.18. The maximum Gasteiger partial charge on any atom is 0.331 e. The topological polar surface area (TPSA) is 67.8 Å². The Morgan fingerprint density at radius 2 is 2.04 bits per heavy atom. The van der Waals surface area contributed by atoms with Crippen LogP contribution in [0.2, 0.25) is 0 Å². The number of methoxy groups -OCH3 is 1. The van der Waals surface area contributed by atoms with E-state index in [0.29, 0.717) is 25.1 Å². The van der Waals surface area contributed by atoms with Crippen molar-refractivity contribution < 1.29 is 19.4 Å². The monoisotopic (exact) mass is 335 g/mol. The summed E-state index contributed by atoms with van der Waals surface area (Å²) in [5, 5.41) is 12.6. The Labute approximate surface area is 144 Å². The van der Waals surface area contributed by atoms with Gasteiger partial charge in [-0.05, 0) is 31.1 Å². The predicted molar refractivity (Wildman–Crippen MR) is 95.6 cm³/mol. The Bertz CT molecular complexity index is 542. The summed E-state index contributed by atoms with van der Waals surface area (Å²) >= 11 is 0. The molecule has 0 radical (unpaired) electrons. The second-order valence-corrected chi connectivity index (χ2v) is 5.50. The number of carbonyl (C=O) groups is 1. The molecule has 5 heteroatoms. The first-order valence-corrected chi connectivity index (χ1v) is 8.48. The largest absolute Gasteiger partial charge is 0.486 e. The second kappa shape index (κ2) is 10.8. The van der Waals surface area contributed by atoms with Crippen molar-refractivity contribution in [3.05, 3.63) is 41.5 Å². The Kier molecular flexibility index (Phi) is 9.12. The highest BCUT2D eigenvalue weighted by molar-refractivity contribution is 5.87. The van der Waals surface area contributed by atoms with Crippen LogP contribution in [0.1, 0.15) is 32.3 Å². The lowest BCUT2D eigenvalue weighted by atomic mass is 9.92. The van der Waals surface area contributed by atoms with Gasteiger partial charge in [0.05, 0.1) is 6.61 Å². The van der Waals surface area contributed by atoms with Crippen LogP contribution in [0, 0.1) is 6.92 Å². The lowest BCUT2D eigenvalue weighted by Crippen LogP contribution is -2.39. The lowest BCUT2D eigenvalue weighted by molar-refractivity contribution is -0.133. The van der Waals surface area contributed by atoms with Crippen LogP contribution in [0.4, 0.5) is 0 Å². The minimum absolute atomic E-state index is 0.0836. The van der Waals surface area contributed by atoms with Gasteiger partial charge in [-0.3, -0.25) is 0 Å². The number of para-hydroxylation sites is 1. The zero-order chi connectivity index (χ0) is 17.9. The average molecular weight is 335 g/mol. The minimum atomic E-state index is -0.878. The Morgan fingerprint density at radius 1 is 1.33 bits per heavy atom. The second-order valence-electron chi connectivity index (χ2n) is 5.50. The first kappa shape index (κ1) is 20.2. The van der Waals surface area contributed by atoms with Crippen LogP contribution < -0.4 is 10.1 Å². The molecule has 0 amide bonds. The summed E-state index contributed by atoms with van der Waals surface area (Å²) in [5.41, 5.74) is 1.45. The Morgan fingerprint density at radius 3 is 2.67 bits per heavy atom. The molecule has 1 aliphatic carbocycles. The van der Waals surface area contributed by atoms with Crippen molar-refractivity contribution >= 4 is 5.97 Å². The number of hydrogen-bond donors (Lipinski definition) is 2. The van der Waals surface area contributed by atoms with Gasteiger partial charge in [0.15, 0.2) is 0 Å². The van der Waals surface area contributed by atoms with Gasteiger partial charge >= 0.3 is 5.97 Å². The average Bonchev–Trinajstić information content (AvgIpc) is 2.59. The van der Waals surface area contributed by atoms with Crippen molar-refractivity contribution in [2.75, 3.05) is 20.3 Å².